The lowest BCUT2D eigenvalue weighted by Crippen LogP contribution is -2.41. The van der Waals surface area contributed by atoms with Crippen molar-refractivity contribution in [2.45, 2.75) is 17.2 Å². The molecule has 3 aromatic rings. The van der Waals surface area contributed by atoms with E-state index in [9.17, 15) is 14.0 Å². The highest BCUT2D eigenvalue weighted by atomic mass is 32.2. The van der Waals surface area contributed by atoms with E-state index in [0.29, 0.717) is 21.7 Å². The monoisotopic (exact) mass is 374 g/mol. The standard InChI is InChI=1S/C16H15FN6O2S/c1-9(14(24)22-16(25)18-2)26-15-12-7-21-23(13(12)19-8-20-15)11-5-3-10(17)4-6-11/h3-9H,1-2H3,(H2,18,22,24,25)/t9-/m1/s1. The number of nitrogens with zero attached hydrogens (tertiary/aromatic N) is 4. The number of carbonyl (C=O) groups excluding carboxylic acids is 2. The van der Waals surface area contributed by atoms with E-state index in [4.69, 9.17) is 0 Å². The summed E-state index contributed by atoms with van der Waals surface area (Å²) in [7, 11) is 1.43. The van der Waals surface area contributed by atoms with Crippen LogP contribution in [0.15, 0.2) is 41.8 Å². The summed E-state index contributed by atoms with van der Waals surface area (Å²) >= 11 is 1.19. The summed E-state index contributed by atoms with van der Waals surface area (Å²) in [4.78, 5) is 31.7. The molecular formula is C16H15FN6O2S. The Kier molecular flexibility index (Phi) is 5.12. The first-order valence-electron chi connectivity index (χ1n) is 7.63. The van der Waals surface area contributed by atoms with Crippen molar-refractivity contribution in [3.63, 3.8) is 0 Å². The Labute approximate surface area is 152 Å². The number of urea groups is 1. The molecule has 0 fully saturated rings. The Morgan fingerprint density at radius 3 is 2.65 bits per heavy atom. The molecule has 1 aromatic carbocycles. The van der Waals surface area contributed by atoms with Gasteiger partial charge in [0.2, 0.25) is 5.91 Å². The predicted octanol–water partition coefficient (Wildman–Crippen LogP) is 1.89. The molecule has 0 unspecified atom stereocenters. The lowest BCUT2D eigenvalue weighted by atomic mass is 10.3. The van der Waals surface area contributed by atoms with Crippen molar-refractivity contribution in [3.8, 4) is 5.69 Å². The Balaban J connectivity index is 1.88. The van der Waals surface area contributed by atoms with E-state index < -0.39 is 17.2 Å². The van der Waals surface area contributed by atoms with Gasteiger partial charge in [-0.1, -0.05) is 11.8 Å². The normalized spacial score (nSPS) is 12.0. The average Bonchev–Trinajstić information content (AvgIpc) is 3.07. The minimum atomic E-state index is -0.570. The van der Waals surface area contributed by atoms with Crippen molar-refractivity contribution >= 4 is 34.7 Å². The van der Waals surface area contributed by atoms with E-state index in [1.807, 2.05) is 0 Å². The van der Waals surface area contributed by atoms with E-state index in [0.717, 1.165) is 0 Å². The first kappa shape index (κ1) is 17.8. The second-order valence-corrected chi connectivity index (χ2v) is 6.61. The van der Waals surface area contributed by atoms with Crippen LogP contribution in [0.4, 0.5) is 9.18 Å². The summed E-state index contributed by atoms with van der Waals surface area (Å²) in [6.07, 6.45) is 2.96. The van der Waals surface area contributed by atoms with Crippen molar-refractivity contribution < 1.29 is 14.0 Å². The van der Waals surface area contributed by atoms with Crippen LogP contribution in [0, 0.1) is 5.82 Å². The van der Waals surface area contributed by atoms with Crippen molar-refractivity contribution in [3.05, 3.63) is 42.6 Å². The quantitative estimate of drug-likeness (QED) is 0.534. The van der Waals surface area contributed by atoms with Gasteiger partial charge in [-0.25, -0.2) is 23.8 Å². The highest BCUT2D eigenvalue weighted by Gasteiger charge is 2.20. The SMILES string of the molecule is CNC(=O)NC(=O)[C@@H](C)Sc1ncnc2c1cnn2-c1ccc(F)cc1. The Morgan fingerprint density at radius 2 is 1.96 bits per heavy atom. The largest absolute Gasteiger partial charge is 0.341 e. The zero-order valence-corrected chi connectivity index (χ0v) is 14.7. The van der Waals surface area contributed by atoms with Crippen LogP contribution < -0.4 is 10.6 Å². The fourth-order valence-corrected chi connectivity index (χ4v) is 3.06. The minimum absolute atomic E-state index is 0.341. The van der Waals surface area contributed by atoms with E-state index in [-0.39, 0.29) is 5.82 Å². The predicted molar refractivity (Wildman–Crippen MR) is 94.5 cm³/mol. The number of fused-ring (bicyclic) bond motifs is 1. The zero-order valence-electron chi connectivity index (χ0n) is 13.9. The van der Waals surface area contributed by atoms with E-state index in [1.54, 1.807) is 29.9 Å². The molecule has 1 atom stereocenters. The van der Waals surface area contributed by atoms with Gasteiger partial charge in [0.15, 0.2) is 5.65 Å². The summed E-state index contributed by atoms with van der Waals surface area (Å²) in [5.74, 6) is -0.779. The number of imide groups is 1. The molecule has 134 valence electrons. The van der Waals surface area contributed by atoms with E-state index in [1.165, 1.54) is 37.3 Å². The number of thioether (sulfide) groups is 1. The molecule has 2 heterocycles. The van der Waals surface area contributed by atoms with Crippen LogP contribution in [0.2, 0.25) is 0 Å². The summed E-state index contributed by atoms with van der Waals surface area (Å²) in [6.45, 7) is 1.67. The number of hydrogen-bond donors (Lipinski definition) is 2. The second-order valence-electron chi connectivity index (χ2n) is 5.28. The zero-order chi connectivity index (χ0) is 18.7. The van der Waals surface area contributed by atoms with Gasteiger partial charge in [-0.05, 0) is 31.2 Å². The molecule has 0 saturated heterocycles. The summed E-state index contributed by atoms with van der Waals surface area (Å²) in [5, 5.41) is 9.49. The van der Waals surface area contributed by atoms with Crippen LogP contribution in [0.25, 0.3) is 16.7 Å². The van der Waals surface area contributed by atoms with Gasteiger partial charge in [0.05, 0.1) is 22.5 Å². The van der Waals surface area contributed by atoms with E-state index in [2.05, 4.69) is 25.7 Å². The maximum Gasteiger partial charge on any atom is 0.321 e. The maximum absolute atomic E-state index is 13.1. The fourth-order valence-electron chi connectivity index (χ4n) is 2.18. The summed E-state index contributed by atoms with van der Waals surface area (Å²) < 4.78 is 14.7. The van der Waals surface area contributed by atoms with Gasteiger partial charge in [0, 0.05) is 7.05 Å². The highest BCUT2D eigenvalue weighted by Crippen LogP contribution is 2.28. The first-order valence-corrected chi connectivity index (χ1v) is 8.51. The van der Waals surface area contributed by atoms with Crippen molar-refractivity contribution in [1.82, 2.24) is 30.4 Å². The van der Waals surface area contributed by atoms with Crippen LogP contribution in [0.1, 0.15) is 6.92 Å². The lowest BCUT2D eigenvalue weighted by molar-refractivity contribution is -0.119. The van der Waals surface area contributed by atoms with Gasteiger partial charge in [0.1, 0.15) is 17.2 Å². The van der Waals surface area contributed by atoms with E-state index >= 15 is 0 Å². The molecule has 2 aromatic heterocycles. The first-order chi connectivity index (χ1) is 12.5. The number of carbonyl (C=O) groups is 2. The van der Waals surface area contributed by atoms with Crippen LogP contribution in [-0.2, 0) is 4.79 Å². The van der Waals surface area contributed by atoms with Gasteiger partial charge in [-0.15, -0.1) is 0 Å². The van der Waals surface area contributed by atoms with Gasteiger partial charge in [-0.2, -0.15) is 5.10 Å². The molecule has 0 radical (unpaired) electrons. The van der Waals surface area contributed by atoms with Crippen LogP contribution in [0.5, 0.6) is 0 Å². The molecule has 0 bridgehead atoms. The number of hydrogen-bond acceptors (Lipinski definition) is 6. The minimum Gasteiger partial charge on any atom is -0.341 e. The molecule has 0 aliphatic heterocycles. The van der Waals surface area contributed by atoms with Gasteiger partial charge in [0.25, 0.3) is 0 Å². The molecule has 2 N–H and O–H groups in total. The van der Waals surface area contributed by atoms with Gasteiger partial charge in [-0.3, -0.25) is 10.1 Å². The second kappa shape index (κ2) is 7.48. The molecular weight excluding hydrogens is 359 g/mol. The topological polar surface area (TPSA) is 102 Å². The molecule has 26 heavy (non-hydrogen) atoms. The number of benzene rings is 1. The molecule has 10 heteroatoms. The smallest absolute Gasteiger partial charge is 0.321 e. The maximum atomic E-state index is 13.1. The highest BCUT2D eigenvalue weighted by molar-refractivity contribution is 8.00. The third-order valence-corrected chi connectivity index (χ3v) is 4.64. The average molecular weight is 374 g/mol. The fraction of sp³-hybridized carbons (Fsp3) is 0.188. The number of amides is 3. The Hall–Kier alpha value is -3.01. The summed E-state index contributed by atoms with van der Waals surface area (Å²) in [5.41, 5.74) is 1.19. The van der Waals surface area contributed by atoms with Gasteiger partial charge >= 0.3 is 6.03 Å². The number of rotatable bonds is 4. The molecule has 8 nitrogen and oxygen atoms in total. The number of aromatic nitrogens is 4. The number of halogens is 1. The Morgan fingerprint density at radius 1 is 1.23 bits per heavy atom. The third kappa shape index (κ3) is 3.64. The molecule has 3 amide bonds. The molecule has 0 aliphatic carbocycles. The van der Waals surface area contributed by atoms with Gasteiger partial charge < -0.3 is 5.32 Å². The Bertz CT molecular complexity index is 959. The van der Waals surface area contributed by atoms with Crippen LogP contribution in [-0.4, -0.2) is 44.0 Å². The molecule has 0 saturated carbocycles. The molecule has 3 rings (SSSR count). The van der Waals surface area contributed by atoms with Crippen molar-refractivity contribution in [2.24, 2.45) is 0 Å². The number of nitrogens with one attached hydrogen (secondary N) is 2. The summed E-state index contributed by atoms with van der Waals surface area (Å²) in [6, 6.07) is 5.29. The molecule has 0 aliphatic rings. The van der Waals surface area contributed by atoms with Crippen molar-refractivity contribution in [2.75, 3.05) is 7.05 Å². The lowest BCUT2D eigenvalue weighted by Gasteiger charge is -2.10. The van der Waals surface area contributed by atoms with Crippen molar-refractivity contribution in [1.29, 1.82) is 0 Å². The van der Waals surface area contributed by atoms with Crippen LogP contribution >= 0.6 is 11.8 Å². The third-order valence-electron chi connectivity index (χ3n) is 3.52. The molecule has 0 spiro atoms. The van der Waals surface area contributed by atoms with Crippen LogP contribution in [0.3, 0.4) is 0 Å².